The van der Waals surface area contributed by atoms with Gasteiger partial charge in [0.2, 0.25) is 0 Å². The molecule has 1 aliphatic heterocycles. The monoisotopic (exact) mass is 407 g/mol. The smallest absolute Gasteiger partial charge is 0.337 e. The summed E-state index contributed by atoms with van der Waals surface area (Å²) >= 11 is 1.76. The van der Waals surface area contributed by atoms with Crippen LogP contribution < -0.4 is 0 Å². The summed E-state index contributed by atoms with van der Waals surface area (Å²) in [6.07, 6.45) is -4.54. The van der Waals surface area contributed by atoms with Crippen molar-refractivity contribution in [2.24, 2.45) is 0 Å². The second-order valence-electron chi connectivity index (χ2n) is 6.45. The number of rotatable bonds is 2. The second-order valence-corrected chi connectivity index (χ2v) is 7.68. The lowest BCUT2D eigenvalue weighted by molar-refractivity contribution is -0.137. The van der Waals surface area contributed by atoms with Crippen LogP contribution in [-0.2, 0) is 6.18 Å². The van der Waals surface area contributed by atoms with E-state index in [0.717, 1.165) is 17.6 Å². The molecule has 0 unspecified atom stereocenters. The first-order valence-electron chi connectivity index (χ1n) is 8.67. The number of carbonyl (C=O) groups excluding carboxylic acids is 1. The molecule has 3 heterocycles. The third kappa shape index (κ3) is 3.34. The number of halogens is 3. The van der Waals surface area contributed by atoms with Crippen molar-refractivity contribution in [1.82, 2.24) is 15.0 Å². The summed E-state index contributed by atoms with van der Waals surface area (Å²) in [4.78, 5) is 19.1. The van der Waals surface area contributed by atoms with E-state index in [1.54, 1.807) is 23.6 Å². The predicted octanol–water partition coefficient (Wildman–Crippen LogP) is 4.41. The molecule has 0 radical (unpaired) electrons. The number of fused-ring (bicyclic) bond motifs is 1. The summed E-state index contributed by atoms with van der Waals surface area (Å²) in [5, 5.41) is 4.30. The van der Waals surface area contributed by atoms with Crippen LogP contribution in [0.1, 0.15) is 21.6 Å². The highest BCUT2D eigenvalue weighted by Gasteiger charge is 2.34. The molecule has 1 aliphatic rings. The van der Waals surface area contributed by atoms with Gasteiger partial charge in [-0.1, -0.05) is 23.4 Å². The van der Waals surface area contributed by atoms with Gasteiger partial charge in [0, 0.05) is 30.2 Å². The van der Waals surface area contributed by atoms with Crippen LogP contribution >= 0.6 is 11.8 Å². The number of hydrogen-bond acceptors (Lipinski definition) is 5. The first-order valence-corrected chi connectivity index (χ1v) is 9.82. The molecule has 0 atom stereocenters. The van der Waals surface area contributed by atoms with Crippen LogP contribution in [0.25, 0.3) is 22.4 Å². The molecule has 1 fully saturated rings. The maximum absolute atomic E-state index is 13.5. The fourth-order valence-corrected chi connectivity index (χ4v) is 4.19. The fourth-order valence-electron chi connectivity index (χ4n) is 3.29. The molecule has 2 aromatic heterocycles. The molecule has 0 N–H and O–H groups in total. The molecule has 1 saturated heterocycles. The number of aromatic nitrogens is 2. The third-order valence-electron chi connectivity index (χ3n) is 4.65. The summed E-state index contributed by atoms with van der Waals surface area (Å²) in [6, 6.07) is 6.58. The lowest BCUT2D eigenvalue weighted by atomic mass is 10.0. The summed E-state index contributed by atoms with van der Waals surface area (Å²) < 4.78 is 45.6. The Morgan fingerprint density at radius 1 is 1.21 bits per heavy atom. The Labute approximate surface area is 162 Å². The number of carbonyl (C=O) groups is 1. The Kier molecular flexibility index (Phi) is 4.78. The van der Waals surface area contributed by atoms with Crippen molar-refractivity contribution in [2.75, 3.05) is 24.6 Å². The molecule has 0 bridgehead atoms. The van der Waals surface area contributed by atoms with Gasteiger partial charge in [0.25, 0.3) is 11.6 Å². The van der Waals surface area contributed by atoms with Crippen molar-refractivity contribution < 1.29 is 22.5 Å². The molecule has 0 aliphatic carbocycles. The predicted molar refractivity (Wildman–Crippen MR) is 100 cm³/mol. The van der Waals surface area contributed by atoms with Crippen molar-refractivity contribution >= 4 is 28.8 Å². The Balaban J connectivity index is 1.90. The van der Waals surface area contributed by atoms with Crippen LogP contribution in [0, 0.1) is 6.92 Å². The van der Waals surface area contributed by atoms with Crippen molar-refractivity contribution in [1.29, 1.82) is 0 Å². The van der Waals surface area contributed by atoms with Crippen LogP contribution in [0.15, 0.2) is 34.9 Å². The topological polar surface area (TPSA) is 59.2 Å². The molecule has 28 heavy (non-hydrogen) atoms. The first kappa shape index (κ1) is 18.8. The summed E-state index contributed by atoms with van der Waals surface area (Å²) in [5.74, 6) is 1.41. The lowest BCUT2D eigenvalue weighted by Gasteiger charge is -2.26. The van der Waals surface area contributed by atoms with Crippen molar-refractivity contribution in [3.63, 3.8) is 0 Å². The minimum atomic E-state index is -4.54. The number of amides is 1. The average molecular weight is 407 g/mol. The second kappa shape index (κ2) is 7.12. The van der Waals surface area contributed by atoms with Gasteiger partial charge in [0.1, 0.15) is 0 Å². The Morgan fingerprint density at radius 3 is 2.64 bits per heavy atom. The van der Waals surface area contributed by atoms with E-state index in [1.807, 2.05) is 0 Å². The maximum atomic E-state index is 13.5. The van der Waals surface area contributed by atoms with Gasteiger partial charge < -0.3 is 9.42 Å². The van der Waals surface area contributed by atoms with Crippen molar-refractivity contribution in [2.45, 2.75) is 13.1 Å². The Bertz CT molecular complexity index is 1040. The van der Waals surface area contributed by atoms with Gasteiger partial charge in [-0.3, -0.25) is 4.79 Å². The quantitative estimate of drug-likeness (QED) is 0.630. The van der Waals surface area contributed by atoms with Gasteiger partial charge in [-0.25, -0.2) is 4.98 Å². The molecule has 146 valence electrons. The zero-order valence-corrected chi connectivity index (χ0v) is 15.7. The van der Waals surface area contributed by atoms with Gasteiger partial charge in [0.15, 0.2) is 0 Å². The highest BCUT2D eigenvalue weighted by atomic mass is 32.2. The van der Waals surface area contributed by atoms with Gasteiger partial charge in [-0.2, -0.15) is 24.9 Å². The minimum absolute atomic E-state index is 0.0336. The van der Waals surface area contributed by atoms with Crippen LogP contribution in [0.4, 0.5) is 13.2 Å². The van der Waals surface area contributed by atoms with Crippen LogP contribution in [0.3, 0.4) is 0 Å². The molecular weight excluding hydrogens is 391 g/mol. The molecule has 3 aromatic rings. The van der Waals surface area contributed by atoms with E-state index in [4.69, 9.17) is 4.52 Å². The molecule has 5 nitrogen and oxygen atoms in total. The van der Waals surface area contributed by atoms with Gasteiger partial charge in [-0.05, 0) is 19.1 Å². The maximum Gasteiger partial charge on any atom is 0.417 e. The van der Waals surface area contributed by atoms with Gasteiger partial charge in [0.05, 0.1) is 27.9 Å². The van der Waals surface area contributed by atoms with Crippen LogP contribution in [-0.4, -0.2) is 45.5 Å². The SMILES string of the molecule is Cc1noc2nc(-c3ccccc3C(F)(F)F)cc(C(=O)N3CCSCC3)c12. The van der Waals surface area contributed by atoms with E-state index in [0.29, 0.717) is 24.2 Å². The zero-order chi connectivity index (χ0) is 19.9. The standard InChI is InChI=1S/C19H16F3N3O2S/c1-11-16-13(18(26)25-6-8-28-9-7-25)10-15(23-17(16)27-24-11)12-4-2-3-5-14(12)19(20,21)22/h2-5,10H,6-9H2,1H3. The lowest BCUT2D eigenvalue weighted by Crippen LogP contribution is -2.38. The van der Waals surface area contributed by atoms with E-state index in [9.17, 15) is 18.0 Å². The average Bonchev–Trinajstić information content (AvgIpc) is 3.08. The van der Waals surface area contributed by atoms with E-state index in [1.165, 1.54) is 24.3 Å². The van der Waals surface area contributed by atoms with E-state index in [-0.39, 0.29) is 28.4 Å². The number of nitrogens with zero attached hydrogens (tertiary/aromatic N) is 3. The molecular formula is C19H16F3N3O2S. The van der Waals surface area contributed by atoms with E-state index in [2.05, 4.69) is 10.1 Å². The molecule has 1 amide bonds. The fraction of sp³-hybridized carbons (Fsp3) is 0.316. The normalized spacial score (nSPS) is 15.2. The molecule has 0 saturated carbocycles. The van der Waals surface area contributed by atoms with Gasteiger partial charge in [-0.15, -0.1) is 0 Å². The number of hydrogen-bond donors (Lipinski definition) is 0. The third-order valence-corrected chi connectivity index (χ3v) is 5.60. The Morgan fingerprint density at radius 2 is 1.93 bits per heavy atom. The van der Waals surface area contributed by atoms with E-state index < -0.39 is 11.7 Å². The largest absolute Gasteiger partial charge is 0.417 e. The number of aryl methyl sites for hydroxylation is 1. The molecule has 0 spiro atoms. The number of pyridine rings is 1. The zero-order valence-electron chi connectivity index (χ0n) is 14.9. The number of alkyl halides is 3. The van der Waals surface area contributed by atoms with Crippen molar-refractivity contribution in [3.05, 3.63) is 47.2 Å². The minimum Gasteiger partial charge on any atom is -0.337 e. The van der Waals surface area contributed by atoms with Gasteiger partial charge >= 0.3 is 6.18 Å². The highest BCUT2D eigenvalue weighted by Crippen LogP contribution is 2.37. The van der Waals surface area contributed by atoms with Crippen LogP contribution in [0.5, 0.6) is 0 Å². The molecule has 4 rings (SSSR count). The van der Waals surface area contributed by atoms with Crippen molar-refractivity contribution in [3.8, 4) is 11.3 Å². The first-order chi connectivity index (χ1) is 13.4. The number of benzene rings is 1. The summed E-state index contributed by atoms with van der Waals surface area (Å²) in [6.45, 7) is 2.86. The number of thioether (sulfide) groups is 1. The summed E-state index contributed by atoms with van der Waals surface area (Å²) in [5.41, 5.74) is -0.0800. The summed E-state index contributed by atoms with van der Waals surface area (Å²) in [7, 11) is 0. The Hall–Kier alpha value is -2.55. The molecule has 9 heteroatoms. The van der Waals surface area contributed by atoms with Crippen LogP contribution in [0.2, 0.25) is 0 Å². The molecule has 1 aromatic carbocycles. The van der Waals surface area contributed by atoms with E-state index >= 15 is 0 Å². The highest BCUT2D eigenvalue weighted by molar-refractivity contribution is 7.99.